The summed E-state index contributed by atoms with van der Waals surface area (Å²) >= 11 is 3.40. The fourth-order valence-electron chi connectivity index (χ4n) is 1.60. The van der Waals surface area contributed by atoms with Crippen molar-refractivity contribution in [2.45, 2.75) is 20.8 Å². The van der Waals surface area contributed by atoms with E-state index >= 15 is 0 Å². The summed E-state index contributed by atoms with van der Waals surface area (Å²) < 4.78 is 6.71. The molecule has 0 bridgehead atoms. The summed E-state index contributed by atoms with van der Waals surface area (Å²) in [5.74, 6) is 1.12. The summed E-state index contributed by atoms with van der Waals surface area (Å²) in [6.07, 6.45) is 1.71. The highest BCUT2D eigenvalue weighted by atomic mass is 79.9. The number of benzene rings is 1. The van der Waals surface area contributed by atoms with Crippen molar-refractivity contribution in [1.82, 2.24) is 9.97 Å². The average molecular weight is 308 g/mol. The van der Waals surface area contributed by atoms with Gasteiger partial charge in [0.05, 0.1) is 17.1 Å². The van der Waals surface area contributed by atoms with Gasteiger partial charge in [-0.15, -0.1) is 0 Å². The van der Waals surface area contributed by atoms with E-state index in [-0.39, 0.29) is 0 Å². The van der Waals surface area contributed by atoms with Crippen LogP contribution in [-0.4, -0.2) is 9.97 Å². The van der Waals surface area contributed by atoms with Gasteiger partial charge in [0.1, 0.15) is 0 Å². The second-order valence-corrected chi connectivity index (χ2v) is 5.06. The molecule has 1 aromatic heterocycles. The molecule has 0 aliphatic heterocycles. The zero-order valence-electron chi connectivity index (χ0n) is 10.5. The molecule has 0 radical (unpaired) electrons. The van der Waals surface area contributed by atoms with Gasteiger partial charge < -0.3 is 10.5 Å². The zero-order valence-corrected chi connectivity index (χ0v) is 12.1. The quantitative estimate of drug-likeness (QED) is 0.862. The van der Waals surface area contributed by atoms with Crippen molar-refractivity contribution in [2.75, 3.05) is 5.73 Å². The number of nitrogens with zero attached hydrogens (tertiary/aromatic N) is 2. The highest BCUT2D eigenvalue weighted by molar-refractivity contribution is 9.10. The van der Waals surface area contributed by atoms with Gasteiger partial charge in [-0.05, 0) is 38.5 Å². The summed E-state index contributed by atoms with van der Waals surface area (Å²) in [6.45, 7) is 5.66. The van der Waals surface area contributed by atoms with Crippen LogP contribution in [0, 0.1) is 20.8 Å². The molecule has 18 heavy (non-hydrogen) atoms. The Morgan fingerprint density at radius 3 is 2.61 bits per heavy atom. The second kappa shape index (κ2) is 4.94. The molecular formula is C13H14BrN3O. The number of hydrogen-bond donors (Lipinski definition) is 1. The van der Waals surface area contributed by atoms with E-state index in [1.54, 1.807) is 12.3 Å². The van der Waals surface area contributed by atoms with Gasteiger partial charge in [0.2, 0.25) is 5.88 Å². The van der Waals surface area contributed by atoms with Crippen LogP contribution < -0.4 is 10.5 Å². The molecule has 4 nitrogen and oxygen atoms in total. The Kier molecular flexibility index (Phi) is 3.52. The highest BCUT2D eigenvalue weighted by Crippen LogP contribution is 2.33. The van der Waals surface area contributed by atoms with E-state index in [1.807, 2.05) is 26.8 Å². The normalized spacial score (nSPS) is 10.4. The predicted molar refractivity (Wildman–Crippen MR) is 74.9 cm³/mol. The fourth-order valence-corrected chi connectivity index (χ4v) is 2.19. The summed E-state index contributed by atoms with van der Waals surface area (Å²) in [7, 11) is 0. The van der Waals surface area contributed by atoms with E-state index in [4.69, 9.17) is 10.5 Å². The van der Waals surface area contributed by atoms with E-state index in [0.29, 0.717) is 17.3 Å². The third-order valence-corrected chi connectivity index (χ3v) is 2.96. The molecule has 0 saturated carbocycles. The van der Waals surface area contributed by atoms with Crippen molar-refractivity contribution < 1.29 is 4.74 Å². The first-order valence-electron chi connectivity index (χ1n) is 5.51. The Morgan fingerprint density at radius 1 is 1.22 bits per heavy atom. The number of hydrogen-bond acceptors (Lipinski definition) is 4. The number of nitrogen functional groups attached to an aromatic ring is 1. The van der Waals surface area contributed by atoms with Crippen molar-refractivity contribution in [3.05, 3.63) is 39.8 Å². The van der Waals surface area contributed by atoms with Crippen LogP contribution in [-0.2, 0) is 0 Å². The van der Waals surface area contributed by atoms with Crippen LogP contribution in [0.5, 0.6) is 11.6 Å². The minimum atomic E-state index is 0.493. The lowest BCUT2D eigenvalue weighted by molar-refractivity contribution is 0.452. The topological polar surface area (TPSA) is 61.0 Å². The number of rotatable bonds is 2. The maximum atomic E-state index is 5.96. The van der Waals surface area contributed by atoms with E-state index in [2.05, 4.69) is 25.9 Å². The summed E-state index contributed by atoms with van der Waals surface area (Å²) in [5, 5.41) is 0. The van der Waals surface area contributed by atoms with Gasteiger partial charge in [-0.1, -0.05) is 15.9 Å². The Bertz CT molecular complexity index is 576. The molecule has 0 unspecified atom stereocenters. The molecule has 0 spiro atoms. The summed E-state index contributed by atoms with van der Waals surface area (Å²) in [5.41, 5.74) is 9.02. The van der Waals surface area contributed by atoms with Gasteiger partial charge >= 0.3 is 0 Å². The van der Waals surface area contributed by atoms with Crippen LogP contribution in [0.1, 0.15) is 17.0 Å². The Morgan fingerprint density at radius 2 is 1.94 bits per heavy atom. The van der Waals surface area contributed by atoms with Crippen molar-refractivity contribution in [1.29, 1.82) is 0 Å². The first kappa shape index (κ1) is 12.8. The first-order valence-corrected chi connectivity index (χ1v) is 6.30. The number of ether oxygens (including phenoxy) is 1. The molecule has 1 aromatic carbocycles. The zero-order chi connectivity index (χ0) is 13.3. The van der Waals surface area contributed by atoms with Crippen LogP contribution in [0.3, 0.4) is 0 Å². The number of aryl methyl sites for hydroxylation is 3. The van der Waals surface area contributed by atoms with Crippen LogP contribution in [0.15, 0.2) is 22.8 Å². The molecule has 0 amide bonds. The number of anilines is 1. The summed E-state index contributed by atoms with van der Waals surface area (Å²) in [4.78, 5) is 8.53. The molecule has 2 N–H and O–H groups in total. The van der Waals surface area contributed by atoms with Crippen molar-refractivity contribution >= 4 is 21.6 Å². The molecule has 0 fully saturated rings. The van der Waals surface area contributed by atoms with Gasteiger partial charge in [-0.2, -0.15) is 0 Å². The maximum absolute atomic E-state index is 5.96. The Balaban J connectivity index is 2.43. The van der Waals surface area contributed by atoms with Crippen LogP contribution in [0.4, 0.5) is 5.69 Å². The molecule has 2 aromatic rings. The van der Waals surface area contributed by atoms with Crippen LogP contribution in [0.2, 0.25) is 0 Å². The number of aromatic nitrogens is 2. The third-order valence-electron chi connectivity index (χ3n) is 2.50. The third kappa shape index (κ3) is 2.61. The monoisotopic (exact) mass is 307 g/mol. The number of nitrogens with two attached hydrogens (primary N) is 1. The largest absolute Gasteiger partial charge is 0.435 e. The van der Waals surface area contributed by atoms with Gasteiger partial charge in [-0.25, -0.2) is 4.98 Å². The van der Waals surface area contributed by atoms with Gasteiger partial charge in [0, 0.05) is 10.7 Å². The van der Waals surface area contributed by atoms with Gasteiger partial charge in [0.15, 0.2) is 5.75 Å². The Hall–Kier alpha value is -1.62. The predicted octanol–water partition coefficient (Wildman–Crippen LogP) is 3.54. The van der Waals surface area contributed by atoms with Crippen LogP contribution in [0.25, 0.3) is 0 Å². The molecule has 94 valence electrons. The lowest BCUT2D eigenvalue weighted by Crippen LogP contribution is -2.00. The molecule has 0 atom stereocenters. The second-order valence-electron chi connectivity index (χ2n) is 4.15. The van der Waals surface area contributed by atoms with E-state index in [0.717, 1.165) is 21.4 Å². The average Bonchev–Trinajstić information content (AvgIpc) is 2.28. The van der Waals surface area contributed by atoms with E-state index in [1.165, 1.54) is 0 Å². The maximum Gasteiger partial charge on any atom is 0.241 e. The smallest absolute Gasteiger partial charge is 0.241 e. The lowest BCUT2D eigenvalue weighted by Gasteiger charge is -2.12. The fraction of sp³-hybridized carbons (Fsp3) is 0.231. The molecule has 0 aliphatic rings. The molecule has 1 heterocycles. The molecule has 0 aliphatic carbocycles. The SMILES string of the molecule is Cc1cnc(C)c(Oc2c(C)cc(Br)cc2N)n1. The number of halogens is 1. The molecular weight excluding hydrogens is 294 g/mol. The molecule has 2 rings (SSSR count). The van der Waals surface area contributed by atoms with Gasteiger partial charge in [-0.3, -0.25) is 4.98 Å². The van der Waals surface area contributed by atoms with Crippen molar-refractivity contribution in [3.63, 3.8) is 0 Å². The lowest BCUT2D eigenvalue weighted by atomic mass is 10.2. The Labute approximate surface area is 114 Å². The van der Waals surface area contributed by atoms with Crippen molar-refractivity contribution in [3.8, 4) is 11.6 Å². The highest BCUT2D eigenvalue weighted by Gasteiger charge is 2.11. The first-order chi connectivity index (χ1) is 8.47. The van der Waals surface area contributed by atoms with Gasteiger partial charge in [0.25, 0.3) is 0 Å². The standard InChI is InChI=1S/C13H14BrN3O/c1-7-4-10(14)5-11(15)12(7)18-13-9(3)16-6-8(2)17-13/h4-6H,15H2,1-3H3. The molecule has 0 saturated heterocycles. The van der Waals surface area contributed by atoms with E-state index in [9.17, 15) is 0 Å². The van der Waals surface area contributed by atoms with Crippen molar-refractivity contribution in [2.24, 2.45) is 0 Å². The van der Waals surface area contributed by atoms with Crippen LogP contribution >= 0.6 is 15.9 Å². The summed E-state index contributed by atoms with van der Waals surface area (Å²) in [6, 6.07) is 3.76. The van der Waals surface area contributed by atoms with E-state index < -0.39 is 0 Å². The minimum Gasteiger partial charge on any atom is -0.435 e. The molecule has 5 heteroatoms. The minimum absolute atomic E-state index is 0.493.